The van der Waals surface area contributed by atoms with E-state index in [1.54, 1.807) is 0 Å². The van der Waals surface area contributed by atoms with E-state index in [1.165, 1.54) is 11.3 Å². The molecule has 0 saturated carbocycles. The number of nitrogens with one attached hydrogen (secondary N) is 2. The van der Waals surface area contributed by atoms with Gasteiger partial charge in [0.05, 0.1) is 17.6 Å². The van der Waals surface area contributed by atoms with Gasteiger partial charge in [-0.1, -0.05) is 13.0 Å². The minimum atomic E-state index is 0.159. The minimum Gasteiger partial charge on any atom is -0.365 e. The predicted octanol–water partition coefficient (Wildman–Crippen LogP) is 2.27. The molecule has 3 rings (SSSR count). The standard InChI is InChI=1S/C16H22BrN3O/c1-2-18-9-11-5-6-14(13(17)8-11)20-7-3-4-12-15(20)10-19-16(12)21/h5-6,8,12,15,18H,2-4,7,9-10H2,1H3,(H,19,21). The molecule has 0 aromatic heterocycles. The third-order valence-corrected chi connectivity index (χ3v) is 5.14. The van der Waals surface area contributed by atoms with Crippen molar-refractivity contribution in [1.82, 2.24) is 10.6 Å². The van der Waals surface area contributed by atoms with Crippen molar-refractivity contribution >= 4 is 27.5 Å². The first-order chi connectivity index (χ1) is 10.2. The summed E-state index contributed by atoms with van der Waals surface area (Å²) in [6.45, 7) is 5.78. The normalized spacial score (nSPS) is 24.9. The van der Waals surface area contributed by atoms with Gasteiger partial charge in [0.1, 0.15) is 0 Å². The van der Waals surface area contributed by atoms with Crippen LogP contribution in [0, 0.1) is 5.92 Å². The number of carbonyl (C=O) groups excluding carboxylic acids is 1. The summed E-state index contributed by atoms with van der Waals surface area (Å²) >= 11 is 3.71. The highest BCUT2D eigenvalue weighted by Crippen LogP contribution is 2.35. The molecule has 0 spiro atoms. The highest BCUT2D eigenvalue weighted by atomic mass is 79.9. The van der Waals surface area contributed by atoms with Gasteiger partial charge in [0.25, 0.3) is 0 Å². The lowest BCUT2D eigenvalue weighted by Crippen LogP contribution is -2.45. The van der Waals surface area contributed by atoms with Crippen LogP contribution >= 0.6 is 15.9 Å². The van der Waals surface area contributed by atoms with Gasteiger partial charge in [-0.3, -0.25) is 4.79 Å². The molecule has 5 heteroatoms. The number of benzene rings is 1. The van der Waals surface area contributed by atoms with E-state index in [0.29, 0.717) is 6.04 Å². The summed E-state index contributed by atoms with van der Waals surface area (Å²) in [5, 5.41) is 6.36. The molecule has 2 N–H and O–H groups in total. The summed E-state index contributed by atoms with van der Waals surface area (Å²) in [5.41, 5.74) is 2.49. The molecule has 2 unspecified atom stereocenters. The fraction of sp³-hybridized carbons (Fsp3) is 0.562. The van der Waals surface area contributed by atoms with E-state index in [0.717, 1.165) is 43.5 Å². The van der Waals surface area contributed by atoms with Crippen molar-refractivity contribution in [3.8, 4) is 0 Å². The van der Waals surface area contributed by atoms with Crippen LogP contribution in [-0.4, -0.2) is 31.6 Å². The van der Waals surface area contributed by atoms with Crippen LogP contribution in [0.15, 0.2) is 22.7 Å². The van der Waals surface area contributed by atoms with Crippen LogP contribution in [0.2, 0.25) is 0 Å². The van der Waals surface area contributed by atoms with Gasteiger partial charge in [0.2, 0.25) is 5.91 Å². The maximum absolute atomic E-state index is 11.9. The number of piperidine rings is 1. The van der Waals surface area contributed by atoms with Crippen molar-refractivity contribution in [1.29, 1.82) is 0 Å². The maximum atomic E-state index is 11.9. The maximum Gasteiger partial charge on any atom is 0.225 e. The summed E-state index contributed by atoms with van der Waals surface area (Å²) in [4.78, 5) is 14.3. The Hall–Kier alpha value is -1.07. The summed E-state index contributed by atoms with van der Waals surface area (Å²) in [5.74, 6) is 0.386. The summed E-state index contributed by atoms with van der Waals surface area (Å²) in [6, 6.07) is 6.85. The van der Waals surface area contributed by atoms with Gasteiger partial charge in [-0.05, 0) is 53.0 Å². The summed E-state index contributed by atoms with van der Waals surface area (Å²) in [6.07, 6.45) is 2.10. The number of halogens is 1. The van der Waals surface area contributed by atoms with Crippen LogP contribution in [0.5, 0.6) is 0 Å². The van der Waals surface area contributed by atoms with E-state index in [-0.39, 0.29) is 11.8 Å². The second-order valence-corrected chi connectivity index (χ2v) is 6.68. The number of nitrogens with zero attached hydrogens (tertiary/aromatic N) is 1. The molecule has 1 amide bonds. The molecular weight excluding hydrogens is 330 g/mol. The molecule has 2 aliphatic rings. The fourth-order valence-electron chi connectivity index (χ4n) is 3.41. The van der Waals surface area contributed by atoms with Crippen molar-refractivity contribution in [2.75, 3.05) is 24.5 Å². The van der Waals surface area contributed by atoms with E-state index < -0.39 is 0 Å². The van der Waals surface area contributed by atoms with Gasteiger partial charge in [-0.25, -0.2) is 0 Å². The topological polar surface area (TPSA) is 44.4 Å². The molecule has 1 aromatic rings. The number of hydrogen-bond acceptors (Lipinski definition) is 3. The molecule has 2 fully saturated rings. The Labute approximate surface area is 134 Å². The molecule has 4 nitrogen and oxygen atoms in total. The number of anilines is 1. The number of fused-ring (bicyclic) bond motifs is 1. The fourth-order valence-corrected chi connectivity index (χ4v) is 4.07. The zero-order valence-electron chi connectivity index (χ0n) is 12.4. The van der Waals surface area contributed by atoms with Crippen LogP contribution in [0.4, 0.5) is 5.69 Å². The van der Waals surface area contributed by atoms with Gasteiger partial charge in [-0.15, -0.1) is 0 Å². The first-order valence-electron chi connectivity index (χ1n) is 7.74. The summed E-state index contributed by atoms with van der Waals surface area (Å²) in [7, 11) is 0. The molecule has 0 bridgehead atoms. The second kappa shape index (κ2) is 6.36. The number of amides is 1. The van der Waals surface area contributed by atoms with Gasteiger partial charge < -0.3 is 15.5 Å². The zero-order valence-corrected chi connectivity index (χ0v) is 13.9. The highest BCUT2D eigenvalue weighted by Gasteiger charge is 2.41. The van der Waals surface area contributed by atoms with E-state index in [1.807, 2.05) is 0 Å². The van der Waals surface area contributed by atoms with Crippen molar-refractivity contribution < 1.29 is 4.79 Å². The lowest BCUT2D eigenvalue weighted by Gasteiger charge is -2.38. The van der Waals surface area contributed by atoms with E-state index in [4.69, 9.17) is 0 Å². The van der Waals surface area contributed by atoms with Gasteiger partial charge in [0, 0.05) is 24.1 Å². The highest BCUT2D eigenvalue weighted by molar-refractivity contribution is 9.10. The second-order valence-electron chi connectivity index (χ2n) is 5.82. The Morgan fingerprint density at radius 2 is 2.33 bits per heavy atom. The van der Waals surface area contributed by atoms with Crippen molar-refractivity contribution in [3.05, 3.63) is 28.2 Å². The third kappa shape index (κ3) is 2.94. The molecule has 114 valence electrons. The molecule has 2 aliphatic heterocycles. The van der Waals surface area contributed by atoms with Crippen LogP contribution in [0.25, 0.3) is 0 Å². The molecule has 0 radical (unpaired) electrons. The SMILES string of the molecule is CCNCc1ccc(N2CCCC3C(=O)NCC32)c(Br)c1. The van der Waals surface area contributed by atoms with E-state index in [2.05, 4.69) is 56.6 Å². The van der Waals surface area contributed by atoms with Crippen LogP contribution in [0.1, 0.15) is 25.3 Å². The lowest BCUT2D eigenvalue weighted by atomic mass is 9.91. The smallest absolute Gasteiger partial charge is 0.225 e. The monoisotopic (exact) mass is 351 g/mol. The molecular formula is C16H22BrN3O. The van der Waals surface area contributed by atoms with Gasteiger partial charge in [0.15, 0.2) is 0 Å². The largest absolute Gasteiger partial charge is 0.365 e. The van der Waals surface area contributed by atoms with Gasteiger partial charge in [-0.2, -0.15) is 0 Å². The third-order valence-electron chi connectivity index (χ3n) is 4.50. The van der Waals surface area contributed by atoms with Crippen molar-refractivity contribution in [3.63, 3.8) is 0 Å². The predicted molar refractivity (Wildman–Crippen MR) is 88.4 cm³/mol. The van der Waals surface area contributed by atoms with Crippen LogP contribution < -0.4 is 15.5 Å². The Bertz CT molecular complexity index is 534. The van der Waals surface area contributed by atoms with Crippen molar-refractivity contribution in [2.45, 2.75) is 32.4 Å². The zero-order chi connectivity index (χ0) is 14.8. The molecule has 0 aliphatic carbocycles. The van der Waals surface area contributed by atoms with Gasteiger partial charge >= 0.3 is 0 Å². The Kier molecular flexibility index (Phi) is 4.50. The number of carbonyl (C=O) groups is 1. The Morgan fingerprint density at radius 3 is 3.10 bits per heavy atom. The quantitative estimate of drug-likeness (QED) is 0.874. The van der Waals surface area contributed by atoms with Crippen molar-refractivity contribution in [2.24, 2.45) is 5.92 Å². The lowest BCUT2D eigenvalue weighted by molar-refractivity contribution is -0.122. The first kappa shape index (κ1) is 14.9. The molecule has 1 aromatic carbocycles. The number of rotatable bonds is 4. The average Bonchev–Trinajstić information content (AvgIpc) is 2.87. The van der Waals surface area contributed by atoms with Crippen LogP contribution in [-0.2, 0) is 11.3 Å². The van der Waals surface area contributed by atoms with E-state index in [9.17, 15) is 4.79 Å². The Balaban J connectivity index is 1.81. The number of hydrogen-bond donors (Lipinski definition) is 2. The minimum absolute atomic E-state index is 0.159. The average molecular weight is 352 g/mol. The molecule has 2 atom stereocenters. The van der Waals surface area contributed by atoms with Crippen LogP contribution in [0.3, 0.4) is 0 Å². The van der Waals surface area contributed by atoms with E-state index >= 15 is 0 Å². The molecule has 21 heavy (non-hydrogen) atoms. The first-order valence-corrected chi connectivity index (χ1v) is 8.53. The molecule has 2 saturated heterocycles. The summed E-state index contributed by atoms with van der Waals surface area (Å²) < 4.78 is 1.12. The Morgan fingerprint density at radius 1 is 1.48 bits per heavy atom. The molecule has 2 heterocycles.